The van der Waals surface area contributed by atoms with Gasteiger partial charge in [0.15, 0.2) is 11.5 Å². The molecule has 0 saturated heterocycles. The van der Waals surface area contributed by atoms with Crippen LogP contribution in [0, 0.1) is 0 Å². The third-order valence-electron chi connectivity index (χ3n) is 3.22. The van der Waals surface area contributed by atoms with Crippen LogP contribution in [0.15, 0.2) is 18.2 Å². The number of rotatable bonds is 8. The first kappa shape index (κ1) is 15.3. The van der Waals surface area contributed by atoms with Crippen molar-refractivity contribution >= 4 is 10.8 Å². The molecular weight excluding hydrogens is 274 g/mol. The van der Waals surface area contributed by atoms with Gasteiger partial charge in [-0.3, -0.25) is 4.21 Å². The summed E-state index contributed by atoms with van der Waals surface area (Å²) in [4.78, 5) is 0. The van der Waals surface area contributed by atoms with Crippen LogP contribution in [0.5, 0.6) is 11.5 Å². The van der Waals surface area contributed by atoms with Crippen molar-refractivity contribution in [2.24, 2.45) is 0 Å². The summed E-state index contributed by atoms with van der Waals surface area (Å²) in [5, 5.41) is 3.48. The summed E-state index contributed by atoms with van der Waals surface area (Å²) in [6.45, 7) is 5.40. The average Bonchev–Trinajstić information content (AvgIpc) is 2.91. The highest BCUT2D eigenvalue weighted by Gasteiger charge is 2.19. The minimum absolute atomic E-state index is 0.108. The first-order valence-electron chi connectivity index (χ1n) is 7.22. The lowest BCUT2D eigenvalue weighted by Gasteiger charge is -2.19. The highest BCUT2D eigenvalue weighted by atomic mass is 32.2. The van der Waals surface area contributed by atoms with Crippen molar-refractivity contribution in [3.63, 3.8) is 0 Å². The predicted molar refractivity (Wildman–Crippen MR) is 81.8 cm³/mol. The Bertz CT molecular complexity index is 464. The van der Waals surface area contributed by atoms with Gasteiger partial charge in [-0.2, -0.15) is 0 Å². The van der Waals surface area contributed by atoms with Crippen LogP contribution in [0.4, 0.5) is 0 Å². The van der Waals surface area contributed by atoms with Crippen molar-refractivity contribution in [2.45, 2.75) is 32.7 Å². The molecule has 5 heteroatoms. The van der Waals surface area contributed by atoms with E-state index in [0.29, 0.717) is 5.75 Å². The molecule has 0 radical (unpaired) electrons. The summed E-state index contributed by atoms with van der Waals surface area (Å²) in [6, 6.07) is 6.07. The van der Waals surface area contributed by atoms with E-state index in [1.807, 2.05) is 18.2 Å². The highest BCUT2D eigenvalue weighted by molar-refractivity contribution is 7.85. The summed E-state index contributed by atoms with van der Waals surface area (Å²) >= 11 is 0. The zero-order valence-electron chi connectivity index (χ0n) is 12.2. The highest BCUT2D eigenvalue weighted by Crippen LogP contribution is 2.34. The summed E-state index contributed by atoms with van der Waals surface area (Å²) in [5.74, 6) is 2.98. The van der Waals surface area contributed by atoms with E-state index in [-0.39, 0.29) is 12.8 Å². The lowest BCUT2D eigenvalue weighted by atomic mass is 10.1. The number of hydrogen-bond donors (Lipinski definition) is 1. The van der Waals surface area contributed by atoms with Gasteiger partial charge in [0.05, 0.1) is 0 Å². The Kier molecular flexibility index (Phi) is 5.86. The van der Waals surface area contributed by atoms with Crippen LogP contribution in [0.2, 0.25) is 0 Å². The van der Waals surface area contributed by atoms with E-state index in [4.69, 9.17) is 9.47 Å². The van der Waals surface area contributed by atoms with E-state index >= 15 is 0 Å². The van der Waals surface area contributed by atoms with Gasteiger partial charge in [-0.05, 0) is 37.1 Å². The maximum atomic E-state index is 12.0. The van der Waals surface area contributed by atoms with Crippen LogP contribution in [-0.2, 0) is 10.8 Å². The maximum Gasteiger partial charge on any atom is 0.231 e. The Balaban J connectivity index is 2.10. The zero-order valence-corrected chi connectivity index (χ0v) is 13.0. The minimum atomic E-state index is -0.787. The molecule has 4 nitrogen and oxygen atoms in total. The van der Waals surface area contributed by atoms with Crippen LogP contribution < -0.4 is 14.8 Å². The molecule has 2 rings (SSSR count). The van der Waals surface area contributed by atoms with Gasteiger partial charge in [-0.1, -0.05) is 19.9 Å². The quantitative estimate of drug-likeness (QED) is 0.801. The Morgan fingerprint density at radius 2 is 2.05 bits per heavy atom. The summed E-state index contributed by atoms with van der Waals surface area (Å²) in [6.07, 6.45) is 2.01. The number of benzene rings is 1. The second kappa shape index (κ2) is 7.64. The van der Waals surface area contributed by atoms with Gasteiger partial charge >= 0.3 is 0 Å². The molecule has 0 aliphatic carbocycles. The van der Waals surface area contributed by atoms with Crippen LogP contribution in [0.1, 0.15) is 38.3 Å². The van der Waals surface area contributed by atoms with E-state index in [1.54, 1.807) is 0 Å². The Morgan fingerprint density at radius 3 is 2.80 bits per heavy atom. The third-order valence-corrected chi connectivity index (χ3v) is 4.79. The predicted octanol–water partition coefficient (Wildman–Crippen LogP) is 2.61. The molecule has 1 heterocycles. The van der Waals surface area contributed by atoms with E-state index in [0.717, 1.165) is 42.2 Å². The third kappa shape index (κ3) is 3.96. The van der Waals surface area contributed by atoms with Crippen molar-refractivity contribution in [3.8, 4) is 11.5 Å². The van der Waals surface area contributed by atoms with Crippen molar-refractivity contribution in [1.29, 1.82) is 0 Å². The normalized spacial score (nSPS) is 16.1. The SMILES string of the molecule is CCCNC(CS(=O)CCC)c1ccc2c(c1)OCO2. The Morgan fingerprint density at radius 1 is 1.25 bits per heavy atom. The molecule has 1 aliphatic heterocycles. The summed E-state index contributed by atoms with van der Waals surface area (Å²) in [7, 11) is -0.787. The lowest BCUT2D eigenvalue weighted by Crippen LogP contribution is -2.27. The minimum Gasteiger partial charge on any atom is -0.454 e. The van der Waals surface area contributed by atoms with E-state index in [2.05, 4.69) is 19.2 Å². The topological polar surface area (TPSA) is 47.6 Å². The largest absolute Gasteiger partial charge is 0.454 e. The van der Waals surface area contributed by atoms with Gasteiger partial charge in [0.1, 0.15) is 0 Å². The van der Waals surface area contributed by atoms with Gasteiger partial charge < -0.3 is 14.8 Å². The molecule has 1 N–H and O–H groups in total. The van der Waals surface area contributed by atoms with Crippen molar-refractivity contribution < 1.29 is 13.7 Å². The van der Waals surface area contributed by atoms with Crippen LogP contribution >= 0.6 is 0 Å². The monoisotopic (exact) mass is 297 g/mol. The van der Waals surface area contributed by atoms with Gasteiger partial charge in [0, 0.05) is 28.3 Å². The smallest absolute Gasteiger partial charge is 0.231 e. The van der Waals surface area contributed by atoms with Gasteiger partial charge in [0.25, 0.3) is 0 Å². The molecule has 2 atom stereocenters. The van der Waals surface area contributed by atoms with Gasteiger partial charge in [-0.25, -0.2) is 0 Å². The molecule has 0 fully saturated rings. The molecule has 0 aromatic heterocycles. The molecule has 1 aliphatic rings. The molecule has 0 bridgehead atoms. The zero-order chi connectivity index (χ0) is 14.4. The molecule has 1 aromatic rings. The van der Waals surface area contributed by atoms with Crippen molar-refractivity contribution in [2.75, 3.05) is 24.8 Å². The van der Waals surface area contributed by atoms with Crippen LogP contribution in [0.3, 0.4) is 0 Å². The molecule has 112 valence electrons. The van der Waals surface area contributed by atoms with Crippen molar-refractivity contribution in [3.05, 3.63) is 23.8 Å². The number of fused-ring (bicyclic) bond motifs is 1. The standard InChI is InChI=1S/C15H23NO3S/c1-3-7-16-13(10-20(17)8-4-2)12-5-6-14-15(9-12)19-11-18-14/h5-6,9,13,16H,3-4,7-8,10-11H2,1-2H3. The summed E-state index contributed by atoms with van der Waals surface area (Å²) < 4.78 is 22.8. The fraction of sp³-hybridized carbons (Fsp3) is 0.600. The second-order valence-electron chi connectivity index (χ2n) is 4.93. The molecule has 0 amide bonds. The number of hydrogen-bond acceptors (Lipinski definition) is 4. The fourth-order valence-electron chi connectivity index (χ4n) is 2.22. The molecule has 2 unspecified atom stereocenters. The Labute approximate surface area is 123 Å². The molecule has 1 aromatic carbocycles. The van der Waals surface area contributed by atoms with E-state index < -0.39 is 10.8 Å². The van der Waals surface area contributed by atoms with Crippen molar-refractivity contribution in [1.82, 2.24) is 5.32 Å². The fourth-order valence-corrected chi connectivity index (χ4v) is 3.52. The van der Waals surface area contributed by atoms with Gasteiger partial charge in [-0.15, -0.1) is 0 Å². The van der Waals surface area contributed by atoms with Gasteiger partial charge in [0.2, 0.25) is 6.79 Å². The first-order valence-corrected chi connectivity index (χ1v) is 8.71. The average molecular weight is 297 g/mol. The molecule has 20 heavy (non-hydrogen) atoms. The number of nitrogens with one attached hydrogen (secondary N) is 1. The van der Waals surface area contributed by atoms with Crippen LogP contribution in [-0.4, -0.2) is 29.1 Å². The maximum absolute atomic E-state index is 12.0. The van der Waals surface area contributed by atoms with Crippen LogP contribution in [0.25, 0.3) is 0 Å². The molecule has 0 spiro atoms. The Hall–Kier alpha value is -1.07. The first-order chi connectivity index (χ1) is 9.74. The van der Waals surface area contributed by atoms with E-state index in [1.165, 1.54) is 0 Å². The lowest BCUT2D eigenvalue weighted by molar-refractivity contribution is 0.174. The second-order valence-corrected chi connectivity index (χ2v) is 6.55. The summed E-state index contributed by atoms with van der Waals surface area (Å²) in [5.41, 5.74) is 1.12. The molecular formula is C15H23NO3S. The van der Waals surface area contributed by atoms with E-state index in [9.17, 15) is 4.21 Å². The number of ether oxygens (including phenoxy) is 2. The molecule has 0 saturated carbocycles.